The van der Waals surface area contributed by atoms with Crippen molar-refractivity contribution in [3.05, 3.63) is 29.6 Å². The van der Waals surface area contributed by atoms with Crippen molar-refractivity contribution >= 4 is 16.0 Å². The Morgan fingerprint density at radius 1 is 1.35 bits per heavy atom. The Morgan fingerprint density at radius 3 is 2.30 bits per heavy atom. The van der Waals surface area contributed by atoms with Gasteiger partial charge in [-0.05, 0) is 0 Å². The minimum absolute atomic E-state index is 0.189. The monoisotopic (exact) mass is 313 g/mol. The molecule has 1 rings (SSSR count). The number of hydrogen-bond donors (Lipinski definition) is 2. The van der Waals surface area contributed by atoms with Crippen LogP contribution in [0.2, 0.25) is 0 Å². The van der Waals surface area contributed by atoms with E-state index in [1.54, 1.807) is 4.72 Å². The van der Waals surface area contributed by atoms with Crippen LogP contribution in [-0.2, 0) is 19.6 Å². The van der Waals surface area contributed by atoms with Crippen LogP contribution < -0.4 is 4.72 Å². The first-order chi connectivity index (χ1) is 9.19. The highest BCUT2D eigenvalue weighted by molar-refractivity contribution is 7.89. The second-order valence-electron chi connectivity index (χ2n) is 3.59. The Kier molecular flexibility index (Phi) is 5.09. The van der Waals surface area contributed by atoms with Gasteiger partial charge in [0.1, 0.15) is 17.5 Å². The fraction of sp³-hybridized carbons (Fsp3) is 0.300. The minimum atomic E-state index is -4.71. The summed E-state index contributed by atoms with van der Waals surface area (Å²) in [6.07, 6.45) is -1.85. The molecule has 0 saturated heterocycles. The molecule has 0 fully saturated rings. The van der Waals surface area contributed by atoms with Crippen LogP contribution in [0.25, 0.3) is 0 Å². The average Bonchev–Trinajstić information content (AvgIpc) is 2.33. The molecule has 112 valence electrons. The Morgan fingerprint density at radius 2 is 1.85 bits per heavy atom. The van der Waals surface area contributed by atoms with Gasteiger partial charge >= 0.3 is 5.97 Å². The number of benzene rings is 1. The summed E-state index contributed by atoms with van der Waals surface area (Å²) in [4.78, 5) is 9.43. The van der Waals surface area contributed by atoms with Gasteiger partial charge in [-0.15, -0.1) is 0 Å². The van der Waals surface area contributed by atoms with Crippen LogP contribution in [0, 0.1) is 17.5 Å². The summed E-state index contributed by atoms with van der Waals surface area (Å²) in [5, 5.41) is 9.16. The van der Waals surface area contributed by atoms with Crippen molar-refractivity contribution in [3.63, 3.8) is 0 Å². The minimum Gasteiger partial charge on any atom is -0.467 e. The van der Waals surface area contributed by atoms with Crippen molar-refractivity contribution in [2.45, 2.75) is 11.0 Å². The highest BCUT2D eigenvalue weighted by atomic mass is 32.2. The first-order valence-corrected chi connectivity index (χ1v) is 6.57. The maximum absolute atomic E-state index is 13.3. The van der Waals surface area contributed by atoms with Crippen LogP contribution in [0.4, 0.5) is 13.2 Å². The van der Waals surface area contributed by atoms with Crippen molar-refractivity contribution < 1.29 is 36.2 Å². The number of aliphatic hydroxyl groups excluding tert-OH is 1. The lowest BCUT2D eigenvalue weighted by atomic mass is 10.3. The lowest BCUT2D eigenvalue weighted by Gasteiger charge is -2.11. The largest absolute Gasteiger partial charge is 0.467 e. The molecule has 1 unspecified atom stereocenters. The number of carbonyl (C=O) groups excluding carboxylic acids is 1. The molecule has 0 aliphatic heterocycles. The van der Waals surface area contributed by atoms with E-state index < -0.39 is 51.0 Å². The third kappa shape index (κ3) is 3.68. The molecule has 1 aromatic rings. The van der Waals surface area contributed by atoms with Gasteiger partial charge in [-0.1, -0.05) is 0 Å². The predicted molar refractivity (Wildman–Crippen MR) is 59.5 cm³/mol. The van der Waals surface area contributed by atoms with Crippen LogP contribution in [0.3, 0.4) is 0 Å². The average molecular weight is 313 g/mol. The van der Waals surface area contributed by atoms with E-state index in [4.69, 9.17) is 5.11 Å². The predicted octanol–water partition coefficient (Wildman–Crippen LogP) is -0.0839. The van der Waals surface area contributed by atoms with Crippen molar-refractivity contribution in [2.24, 2.45) is 0 Å². The molecule has 1 atom stereocenters. The molecule has 0 aromatic heterocycles. The van der Waals surface area contributed by atoms with Gasteiger partial charge in [0, 0.05) is 18.7 Å². The summed E-state index contributed by atoms with van der Waals surface area (Å²) in [6, 6.07) is 0.378. The van der Waals surface area contributed by atoms with E-state index in [9.17, 15) is 26.4 Å². The zero-order valence-corrected chi connectivity index (χ0v) is 10.9. The molecule has 0 heterocycles. The first kappa shape index (κ1) is 16.4. The molecule has 0 spiro atoms. The van der Waals surface area contributed by atoms with Crippen LogP contribution in [0.15, 0.2) is 17.0 Å². The number of methoxy groups -OCH3 is 1. The number of hydrogen-bond acceptors (Lipinski definition) is 5. The highest BCUT2D eigenvalue weighted by Gasteiger charge is 2.27. The maximum atomic E-state index is 13.3. The van der Waals surface area contributed by atoms with Gasteiger partial charge in [0.2, 0.25) is 10.0 Å². The number of esters is 1. The number of carbonyl (C=O) groups is 1. The number of halogens is 3. The normalized spacial score (nSPS) is 13.1. The smallest absolute Gasteiger partial charge is 0.336 e. The van der Waals surface area contributed by atoms with E-state index in [1.165, 1.54) is 0 Å². The first-order valence-electron chi connectivity index (χ1n) is 5.09. The molecule has 0 aliphatic carbocycles. The third-order valence-electron chi connectivity index (χ3n) is 2.17. The molecule has 0 aliphatic rings. The molecule has 0 saturated carbocycles. The topological polar surface area (TPSA) is 92.7 Å². The summed E-state index contributed by atoms with van der Waals surface area (Å²) in [6.45, 7) is -0.856. The van der Waals surface area contributed by atoms with Gasteiger partial charge in [0.15, 0.2) is 11.0 Å². The summed E-state index contributed by atoms with van der Waals surface area (Å²) < 4.78 is 68.3. The molecule has 20 heavy (non-hydrogen) atoms. The van der Waals surface area contributed by atoms with Crippen LogP contribution >= 0.6 is 0 Å². The number of ether oxygens (including phenoxy) is 1. The van der Waals surface area contributed by atoms with Gasteiger partial charge in [-0.25, -0.2) is 31.1 Å². The Bertz CT molecular complexity index is 596. The standard InChI is InChI=1S/C10H10F3NO5S/c1-19-10(16)8(15)4-14-20(17,18)9-6(12)2-5(11)3-7(9)13/h2-3,8,14-15H,4H2,1H3. The summed E-state index contributed by atoms with van der Waals surface area (Å²) >= 11 is 0. The Labute approximate surface area is 112 Å². The highest BCUT2D eigenvalue weighted by Crippen LogP contribution is 2.19. The van der Waals surface area contributed by atoms with Crippen molar-refractivity contribution in [2.75, 3.05) is 13.7 Å². The number of nitrogens with one attached hydrogen (secondary N) is 1. The van der Waals surface area contributed by atoms with Gasteiger partial charge in [-0.2, -0.15) is 0 Å². The molecule has 1 aromatic carbocycles. The van der Waals surface area contributed by atoms with E-state index in [2.05, 4.69) is 4.74 Å². The molecule has 0 bridgehead atoms. The number of sulfonamides is 1. The number of rotatable bonds is 5. The molecule has 2 N–H and O–H groups in total. The van der Waals surface area contributed by atoms with E-state index in [0.717, 1.165) is 7.11 Å². The van der Waals surface area contributed by atoms with Gasteiger partial charge in [0.05, 0.1) is 7.11 Å². The molecule has 0 amide bonds. The van der Waals surface area contributed by atoms with Gasteiger partial charge < -0.3 is 9.84 Å². The zero-order chi connectivity index (χ0) is 15.5. The second-order valence-corrected chi connectivity index (χ2v) is 5.29. The van der Waals surface area contributed by atoms with E-state index >= 15 is 0 Å². The molecule has 0 radical (unpaired) electrons. The third-order valence-corrected chi connectivity index (χ3v) is 3.65. The summed E-state index contributed by atoms with van der Waals surface area (Å²) in [5.41, 5.74) is 0. The second kappa shape index (κ2) is 6.20. The van der Waals surface area contributed by atoms with E-state index in [1.807, 2.05) is 0 Å². The number of aliphatic hydroxyl groups is 1. The fourth-order valence-corrected chi connectivity index (χ4v) is 2.42. The van der Waals surface area contributed by atoms with E-state index in [0.29, 0.717) is 0 Å². The van der Waals surface area contributed by atoms with Gasteiger partial charge in [-0.3, -0.25) is 0 Å². The lowest BCUT2D eigenvalue weighted by molar-refractivity contribution is -0.149. The molecular weight excluding hydrogens is 303 g/mol. The zero-order valence-electron chi connectivity index (χ0n) is 10.1. The van der Waals surface area contributed by atoms with Crippen molar-refractivity contribution in [3.8, 4) is 0 Å². The summed E-state index contributed by atoms with van der Waals surface area (Å²) in [5.74, 6) is -5.69. The van der Waals surface area contributed by atoms with Gasteiger partial charge in [0.25, 0.3) is 0 Å². The lowest BCUT2D eigenvalue weighted by Crippen LogP contribution is -2.37. The Hall–Kier alpha value is -1.65. The SMILES string of the molecule is COC(=O)C(O)CNS(=O)(=O)c1c(F)cc(F)cc1F. The Balaban J connectivity index is 2.98. The molecule has 6 nitrogen and oxygen atoms in total. The molecular formula is C10H10F3NO5S. The van der Waals surface area contributed by atoms with Crippen molar-refractivity contribution in [1.29, 1.82) is 0 Å². The quantitative estimate of drug-likeness (QED) is 0.742. The molecule has 10 heteroatoms. The van der Waals surface area contributed by atoms with Crippen LogP contribution in [0.5, 0.6) is 0 Å². The summed E-state index contributed by atoms with van der Waals surface area (Å²) in [7, 11) is -3.75. The van der Waals surface area contributed by atoms with Crippen LogP contribution in [0.1, 0.15) is 0 Å². The fourth-order valence-electron chi connectivity index (χ4n) is 1.27. The maximum Gasteiger partial charge on any atom is 0.336 e. The van der Waals surface area contributed by atoms with E-state index in [-0.39, 0.29) is 12.1 Å². The van der Waals surface area contributed by atoms with Crippen LogP contribution in [-0.4, -0.2) is 39.3 Å². The van der Waals surface area contributed by atoms with Crippen molar-refractivity contribution in [1.82, 2.24) is 4.72 Å².